The molecule has 1 rings (SSSR count). The van der Waals surface area contributed by atoms with Crippen molar-refractivity contribution < 1.29 is 9.90 Å². The lowest BCUT2D eigenvalue weighted by Gasteiger charge is -2.33. The molecule has 0 radical (unpaired) electrons. The first-order valence-corrected chi connectivity index (χ1v) is 6.99. The van der Waals surface area contributed by atoms with Gasteiger partial charge in [-0.2, -0.15) is 0 Å². The molecule has 1 saturated heterocycles. The van der Waals surface area contributed by atoms with Gasteiger partial charge in [0.15, 0.2) is 0 Å². The lowest BCUT2D eigenvalue weighted by molar-refractivity contribution is -0.122. The summed E-state index contributed by atoms with van der Waals surface area (Å²) in [6.07, 6.45) is 2.45. The van der Waals surface area contributed by atoms with Crippen molar-refractivity contribution in [1.29, 1.82) is 0 Å². The molecule has 1 atom stereocenters. The van der Waals surface area contributed by atoms with Crippen molar-refractivity contribution in [3.63, 3.8) is 0 Å². The molecule has 1 amide bonds. The molecule has 0 spiro atoms. The number of aliphatic hydroxyl groups excluding tert-OH is 1. The predicted molar refractivity (Wildman–Crippen MR) is 73.4 cm³/mol. The van der Waals surface area contributed by atoms with E-state index in [1.54, 1.807) is 0 Å². The second-order valence-corrected chi connectivity index (χ2v) is 6.47. The van der Waals surface area contributed by atoms with Crippen LogP contribution in [-0.2, 0) is 4.79 Å². The number of carbonyl (C=O) groups excluding carboxylic acids is 1. The summed E-state index contributed by atoms with van der Waals surface area (Å²) in [5.74, 6) is 0.560. The third kappa shape index (κ3) is 5.83. The Morgan fingerprint density at radius 1 is 1.39 bits per heavy atom. The Morgan fingerprint density at radius 2 is 1.94 bits per heavy atom. The van der Waals surface area contributed by atoms with E-state index in [2.05, 4.69) is 10.2 Å². The lowest BCUT2D eigenvalue weighted by atomic mass is 9.92. The van der Waals surface area contributed by atoms with Crippen molar-refractivity contribution in [3.05, 3.63) is 0 Å². The molecule has 1 aliphatic heterocycles. The molecule has 106 valence electrons. The predicted octanol–water partition coefficient (Wildman–Crippen LogP) is 1.38. The smallest absolute Gasteiger partial charge is 0.221 e. The number of hydrogen-bond acceptors (Lipinski definition) is 3. The maximum Gasteiger partial charge on any atom is 0.221 e. The topological polar surface area (TPSA) is 52.6 Å². The molecule has 1 aliphatic rings. The van der Waals surface area contributed by atoms with E-state index in [-0.39, 0.29) is 17.6 Å². The van der Waals surface area contributed by atoms with Crippen LogP contribution in [0, 0.1) is 5.92 Å². The first kappa shape index (κ1) is 15.4. The number of amides is 1. The minimum absolute atomic E-state index is 0.125. The van der Waals surface area contributed by atoms with Gasteiger partial charge >= 0.3 is 0 Å². The largest absolute Gasteiger partial charge is 0.393 e. The van der Waals surface area contributed by atoms with Crippen LogP contribution in [0.25, 0.3) is 0 Å². The molecule has 0 aromatic carbocycles. The van der Waals surface area contributed by atoms with Gasteiger partial charge in [0.25, 0.3) is 0 Å². The SMILES string of the molecule is C[C@@H](O)C1CCN(CCC(=O)NC(C)(C)C)CC1. The van der Waals surface area contributed by atoms with Gasteiger partial charge in [0, 0.05) is 18.5 Å². The molecular formula is C14H28N2O2. The minimum Gasteiger partial charge on any atom is -0.393 e. The van der Waals surface area contributed by atoms with Gasteiger partial charge in [-0.05, 0) is 59.5 Å². The molecule has 1 heterocycles. The third-order valence-corrected chi connectivity index (χ3v) is 3.48. The quantitative estimate of drug-likeness (QED) is 0.799. The fourth-order valence-corrected chi connectivity index (χ4v) is 2.40. The van der Waals surface area contributed by atoms with Gasteiger partial charge in [-0.15, -0.1) is 0 Å². The van der Waals surface area contributed by atoms with Gasteiger partial charge in [-0.1, -0.05) is 0 Å². The van der Waals surface area contributed by atoms with Gasteiger partial charge < -0.3 is 15.3 Å². The van der Waals surface area contributed by atoms with Crippen LogP contribution in [0.1, 0.15) is 47.0 Å². The second kappa shape index (κ2) is 6.53. The molecule has 0 unspecified atom stereocenters. The van der Waals surface area contributed by atoms with Gasteiger partial charge in [-0.3, -0.25) is 4.79 Å². The molecule has 0 aliphatic carbocycles. The zero-order chi connectivity index (χ0) is 13.8. The number of rotatable bonds is 4. The van der Waals surface area contributed by atoms with E-state index in [4.69, 9.17) is 0 Å². The first-order valence-electron chi connectivity index (χ1n) is 6.99. The zero-order valence-electron chi connectivity index (χ0n) is 12.2. The molecule has 4 nitrogen and oxygen atoms in total. The summed E-state index contributed by atoms with van der Waals surface area (Å²) in [4.78, 5) is 14.0. The maximum absolute atomic E-state index is 11.7. The summed E-state index contributed by atoms with van der Waals surface area (Å²) in [6.45, 7) is 10.7. The molecule has 0 aromatic rings. The number of carbonyl (C=O) groups is 1. The standard InChI is InChI=1S/C14H28N2O2/c1-11(17)12-5-8-16(9-6-12)10-7-13(18)15-14(2,3)4/h11-12,17H,5-10H2,1-4H3,(H,15,18)/t11-/m1/s1. The second-order valence-electron chi connectivity index (χ2n) is 6.47. The zero-order valence-corrected chi connectivity index (χ0v) is 12.2. The summed E-state index contributed by atoms with van der Waals surface area (Å²) < 4.78 is 0. The highest BCUT2D eigenvalue weighted by Crippen LogP contribution is 2.20. The number of nitrogens with zero attached hydrogens (tertiary/aromatic N) is 1. The molecule has 2 N–H and O–H groups in total. The fraction of sp³-hybridized carbons (Fsp3) is 0.929. The van der Waals surface area contributed by atoms with E-state index in [1.807, 2.05) is 27.7 Å². The molecule has 0 bridgehead atoms. The number of hydrogen-bond donors (Lipinski definition) is 2. The highest BCUT2D eigenvalue weighted by Gasteiger charge is 2.23. The van der Waals surface area contributed by atoms with Crippen molar-refractivity contribution in [2.45, 2.75) is 58.6 Å². The van der Waals surface area contributed by atoms with E-state index in [9.17, 15) is 9.90 Å². The van der Waals surface area contributed by atoms with Crippen LogP contribution in [0.5, 0.6) is 0 Å². The third-order valence-electron chi connectivity index (χ3n) is 3.48. The molecule has 18 heavy (non-hydrogen) atoms. The normalized spacial score (nSPS) is 20.7. The van der Waals surface area contributed by atoms with Crippen molar-refractivity contribution >= 4 is 5.91 Å². The van der Waals surface area contributed by atoms with Crippen LogP contribution in [-0.4, -0.2) is 47.2 Å². The van der Waals surface area contributed by atoms with Crippen LogP contribution in [0.15, 0.2) is 0 Å². The van der Waals surface area contributed by atoms with Crippen molar-refractivity contribution in [2.75, 3.05) is 19.6 Å². The van der Waals surface area contributed by atoms with E-state index < -0.39 is 0 Å². The average Bonchev–Trinajstić information content (AvgIpc) is 2.24. The van der Waals surface area contributed by atoms with Gasteiger partial charge in [-0.25, -0.2) is 0 Å². The Bertz CT molecular complexity index is 263. The van der Waals surface area contributed by atoms with Crippen molar-refractivity contribution in [1.82, 2.24) is 10.2 Å². The van der Waals surface area contributed by atoms with E-state index in [0.717, 1.165) is 32.5 Å². The van der Waals surface area contributed by atoms with E-state index >= 15 is 0 Å². The van der Waals surface area contributed by atoms with Gasteiger partial charge in [0.05, 0.1) is 6.10 Å². The van der Waals surface area contributed by atoms with E-state index in [0.29, 0.717) is 12.3 Å². The summed E-state index contributed by atoms with van der Waals surface area (Å²) in [7, 11) is 0. The fourth-order valence-electron chi connectivity index (χ4n) is 2.40. The maximum atomic E-state index is 11.7. The molecule has 0 saturated carbocycles. The highest BCUT2D eigenvalue weighted by atomic mass is 16.3. The Labute approximate surface area is 111 Å². The van der Waals surface area contributed by atoms with Gasteiger partial charge in [0.2, 0.25) is 5.91 Å². The summed E-state index contributed by atoms with van der Waals surface area (Å²) in [5, 5.41) is 12.5. The van der Waals surface area contributed by atoms with Gasteiger partial charge in [0.1, 0.15) is 0 Å². The average molecular weight is 256 g/mol. The Morgan fingerprint density at radius 3 is 2.39 bits per heavy atom. The summed E-state index contributed by atoms with van der Waals surface area (Å²) >= 11 is 0. The molecule has 0 aromatic heterocycles. The van der Waals surface area contributed by atoms with Crippen LogP contribution in [0.3, 0.4) is 0 Å². The molecule has 4 heteroatoms. The van der Waals surface area contributed by atoms with Crippen LogP contribution < -0.4 is 5.32 Å². The number of piperidine rings is 1. The first-order chi connectivity index (χ1) is 8.28. The number of aliphatic hydroxyl groups is 1. The van der Waals surface area contributed by atoms with E-state index in [1.165, 1.54) is 0 Å². The van der Waals surface area contributed by atoms with Crippen molar-refractivity contribution in [3.8, 4) is 0 Å². The molecular weight excluding hydrogens is 228 g/mol. The molecule has 1 fully saturated rings. The van der Waals surface area contributed by atoms with Crippen LogP contribution >= 0.6 is 0 Å². The Balaban J connectivity index is 2.20. The summed E-state index contributed by atoms with van der Waals surface area (Å²) in [5.41, 5.74) is -0.142. The summed E-state index contributed by atoms with van der Waals surface area (Å²) in [6, 6.07) is 0. The van der Waals surface area contributed by atoms with Crippen molar-refractivity contribution in [2.24, 2.45) is 5.92 Å². The Hall–Kier alpha value is -0.610. The highest BCUT2D eigenvalue weighted by molar-refractivity contribution is 5.76. The number of likely N-dealkylation sites (tertiary alicyclic amines) is 1. The van der Waals surface area contributed by atoms with Crippen LogP contribution in [0.4, 0.5) is 0 Å². The Kier molecular flexibility index (Phi) is 5.60. The monoisotopic (exact) mass is 256 g/mol. The minimum atomic E-state index is -0.198. The number of nitrogens with one attached hydrogen (secondary N) is 1. The lowest BCUT2D eigenvalue weighted by Crippen LogP contribution is -2.43. The van der Waals surface area contributed by atoms with Crippen LogP contribution in [0.2, 0.25) is 0 Å².